The summed E-state index contributed by atoms with van der Waals surface area (Å²) in [4.78, 5) is 18.6. The topological polar surface area (TPSA) is 71.1 Å². The van der Waals surface area contributed by atoms with Gasteiger partial charge in [0.1, 0.15) is 5.82 Å². The van der Waals surface area contributed by atoms with Gasteiger partial charge in [-0.25, -0.2) is 4.98 Å². The van der Waals surface area contributed by atoms with Gasteiger partial charge in [0.05, 0.1) is 18.5 Å². The molecule has 21 heavy (non-hydrogen) atoms. The van der Waals surface area contributed by atoms with Crippen molar-refractivity contribution >= 4 is 17.7 Å². The van der Waals surface area contributed by atoms with E-state index in [-0.39, 0.29) is 12.0 Å². The molecule has 1 aromatic rings. The van der Waals surface area contributed by atoms with Crippen LogP contribution in [0.3, 0.4) is 0 Å². The zero-order valence-electron chi connectivity index (χ0n) is 12.4. The van der Waals surface area contributed by atoms with Crippen molar-refractivity contribution in [2.24, 2.45) is 0 Å². The van der Waals surface area contributed by atoms with Crippen molar-refractivity contribution in [3.05, 3.63) is 5.82 Å². The van der Waals surface area contributed by atoms with E-state index in [1.807, 2.05) is 11.8 Å². The number of morpholine rings is 1. The Hall–Kier alpha value is -1.08. The average Bonchev–Trinajstić information content (AvgIpc) is 3.15. The van der Waals surface area contributed by atoms with Crippen molar-refractivity contribution in [1.29, 1.82) is 0 Å². The molecule has 0 radical (unpaired) electrons. The summed E-state index contributed by atoms with van der Waals surface area (Å²) in [6.07, 6.45) is 5.09. The quantitative estimate of drug-likeness (QED) is 0.859. The molecule has 2 heterocycles. The molecule has 1 aromatic heterocycles. The number of nitrogens with zero attached hydrogens (tertiary/aromatic N) is 3. The third-order valence-corrected chi connectivity index (χ3v) is 4.97. The minimum Gasteiger partial charge on any atom is -0.375 e. The summed E-state index contributed by atoms with van der Waals surface area (Å²) < 4.78 is 5.45. The van der Waals surface area contributed by atoms with Crippen LogP contribution in [-0.2, 0) is 9.53 Å². The first-order chi connectivity index (χ1) is 10.2. The molecule has 2 fully saturated rings. The number of H-pyrrole nitrogens is 1. The van der Waals surface area contributed by atoms with E-state index < -0.39 is 0 Å². The summed E-state index contributed by atoms with van der Waals surface area (Å²) in [7, 11) is 0. The minimum atomic E-state index is 0.130. The van der Waals surface area contributed by atoms with E-state index in [0.717, 1.165) is 5.82 Å². The fourth-order valence-corrected chi connectivity index (χ4v) is 3.68. The fraction of sp³-hybridized carbons (Fsp3) is 0.786. The van der Waals surface area contributed by atoms with Crippen LogP contribution in [0.25, 0.3) is 0 Å². The number of thioether (sulfide) groups is 1. The van der Waals surface area contributed by atoms with Crippen LogP contribution in [0.1, 0.15) is 44.3 Å². The van der Waals surface area contributed by atoms with Crippen LogP contribution >= 0.6 is 11.8 Å². The van der Waals surface area contributed by atoms with Crippen molar-refractivity contribution in [3.8, 4) is 0 Å². The average molecular weight is 310 g/mol. The van der Waals surface area contributed by atoms with Crippen LogP contribution in [-0.4, -0.2) is 57.5 Å². The summed E-state index contributed by atoms with van der Waals surface area (Å²) in [5.41, 5.74) is 0. The molecule has 1 amide bonds. The van der Waals surface area contributed by atoms with E-state index in [1.165, 1.54) is 37.4 Å². The summed E-state index contributed by atoms with van der Waals surface area (Å²) in [5.74, 6) is 2.06. The highest BCUT2D eigenvalue weighted by Crippen LogP contribution is 2.32. The largest absolute Gasteiger partial charge is 0.375 e. The van der Waals surface area contributed by atoms with Crippen molar-refractivity contribution < 1.29 is 9.53 Å². The summed E-state index contributed by atoms with van der Waals surface area (Å²) in [5, 5.41) is 7.94. The van der Waals surface area contributed by atoms with Gasteiger partial charge in [0.15, 0.2) is 0 Å². The van der Waals surface area contributed by atoms with Crippen LogP contribution in [0.4, 0.5) is 0 Å². The van der Waals surface area contributed by atoms with Crippen LogP contribution in [0.15, 0.2) is 5.16 Å². The van der Waals surface area contributed by atoms with Gasteiger partial charge >= 0.3 is 0 Å². The third kappa shape index (κ3) is 3.77. The van der Waals surface area contributed by atoms with Crippen molar-refractivity contribution in [1.82, 2.24) is 20.1 Å². The first kappa shape index (κ1) is 14.8. The van der Waals surface area contributed by atoms with Gasteiger partial charge in [0.2, 0.25) is 11.1 Å². The van der Waals surface area contributed by atoms with Crippen LogP contribution in [0.5, 0.6) is 0 Å². The number of amides is 1. The Morgan fingerprint density at radius 3 is 3.05 bits per heavy atom. The number of carbonyl (C=O) groups is 1. The molecule has 7 heteroatoms. The molecule has 3 rings (SSSR count). The van der Waals surface area contributed by atoms with Gasteiger partial charge in [-0.05, 0) is 19.8 Å². The monoisotopic (exact) mass is 310 g/mol. The fourth-order valence-electron chi connectivity index (χ4n) is 2.97. The maximum Gasteiger partial charge on any atom is 0.233 e. The van der Waals surface area contributed by atoms with Gasteiger partial charge in [-0.1, -0.05) is 24.6 Å². The molecule has 1 N–H and O–H groups in total. The minimum absolute atomic E-state index is 0.130. The summed E-state index contributed by atoms with van der Waals surface area (Å²) >= 11 is 1.42. The molecule has 1 aliphatic carbocycles. The van der Waals surface area contributed by atoms with E-state index in [2.05, 4.69) is 15.2 Å². The maximum absolute atomic E-state index is 12.2. The number of rotatable bonds is 4. The lowest BCUT2D eigenvalue weighted by Crippen LogP contribution is -2.45. The lowest BCUT2D eigenvalue weighted by atomic mass is 10.1. The molecular formula is C14H22N4O2S. The molecule has 1 saturated heterocycles. The lowest BCUT2D eigenvalue weighted by molar-refractivity contribution is -0.135. The number of hydrogen-bond donors (Lipinski definition) is 1. The Balaban J connectivity index is 1.49. The van der Waals surface area contributed by atoms with Gasteiger partial charge in [-0.15, -0.1) is 5.10 Å². The van der Waals surface area contributed by atoms with Crippen molar-refractivity contribution in [2.75, 3.05) is 25.4 Å². The highest BCUT2D eigenvalue weighted by molar-refractivity contribution is 7.99. The molecule has 0 aromatic carbocycles. The Morgan fingerprint density at radius 2 is 2.29 bits per heavy atom. The Kier molecular flexibility index (Phi) is 4.80. The second-order valence-corrected chi connectivity index (χ2v) is 6.74. The van der Waals surface area contributed by atoms with E-state index in [9.17, 15) is 4.79 Å². The molecular weight excluding hydrogens is 288 g/mol. The number of hydrogen-bond acceptors (Lipinski definition) is 5. The molecule has 0 spiro atoms. The van der Waals surface area contributed by atoms with Crippen LogP contribution in [0, 0.1) is 0 Å². The first-order valence-electron chi connectivity index (χ1n) is 7.67. The highest BCUT2D eigenvalue weighted by Gasteiger charge is 2.23. The van der Waals surface area contributed by atoms with Gasteiger partial charge in [0, 0.05) is 19.0 Å². The molecule has 1 atom stereocenters. The summed E-state index contributed by atoms with van der Waals surface area (Å²) in [6, 6.07) is 0. The van der Waals surface area contributed by atoms with Gasteiger partial charge in [-0.3, -0.25) is 9.89 Å². The second-order valence-electron chi connectivity index (χ2n) is 5.79. The Morgan fingerprint density at radius 1 is 1.48 bits per heavy atom. The standard InChI is InChI=1S/C14H22N4O2S/c1-10-8-18(6-7-20-10)12(19)9-21-14-15-13(16-17-14)11-4-2-3-5-11/h10-11H,2-9H2,1H3,(H,15,16,17). The molecule has 1 aliphatic heterocycles. The molecule has 0 bridgehead atoms. The van der Waals surface area contributed by atoms with E-state index in [4.69, 9.17) is 4.74 Å². The van der Waals surface area contributed by atoms with Crippen molar-refractivity contribution in [2.45, 2.75) is 49.8 Å². The first-order valence-corrected chi connectivity index (χ1v) is 8.65. The molecule has 1 saturated carbocycles. The molecule has 6 nitrogen and oxygen atoms in total. The molecule has 116 valence electrons. The van der Waals surface area contributed by atoms with Crippen LogP contribution < -0.4 is 0 Å². The predicted octanol–water partition coefficient (Wildman–Crippen LogP) is 1.80. The van der Waals surface area contributed by atoms with Gasteiger partial charge in [-0.2, -0.15) is 0 Å². The number of ether oxygens (including phenoxy) is 1. The number of nitrogens with one attached hydrogen (secondary N) is 1. The van der Waals surface area contributed by atoms with Crippen molar-refractivity contribution in [3.63, 3.8) is 0 Å². The maximum atomic E-state index is 12.2. The predicted molar refractivity (Wildman–Crippen MR) is 80.3 cm³/mol. The zero-order chi connectivity index (χ0) is 14.7. The van der Waals surface area contributed by atoms with E-state index in [1.54, 1.807) is 0 Å². The smallest absolute Gasteiger partial charge is 0.233 e. The second kappa shape index (κ2) is 6.79. The summed E-state index contributed by atoms with van der Waals surface area (Å²) in [6.45, 7) is 3.99. The van der Waals surface area contributed by atoms with Gasteiger partial charge in [0.25, 0.3) is 0 Å². The lowest BCUT2D eigenvalue weighted by Gasteiger charge is -2.31. The number of aromatic amines is 1. The highest BCUT2D eigenvalue weighted by atomic mass is 32.2. The zero-order valence-corrected chi connectivity index (χ0v) is 13.2. The number of aromatic nitrogens is 3. The molecule has 1 unspecified atom stereocenters. The van der Waals surface area contributed by atoms with E-state index >= 15 is 0 Å². The van der Waals surface area contributed by atoms with Crippen LogP contribution in [0.2, 0.25) is 0 Å². The Labute approximate surface area is 129 Å². The van der Waals surface area contributed by atoms with Gasteiger partial charge < -0.3 is 9.64 Å². The SMILES string of the molecule is CC1CN(C(=O)CSc2n[nH]c(C3CCCC3)n2)CCO1. The Bertz CT molecular complexity index is 487. The normalized spacial score (nSPS) is 23.7. The number of carbonyl (C=O) groups excluding carboxylic acids is 1. The molecule has 2 aliphatic rings. The third-order valence-electron chi connectivity index (χ3n) is 4.14. The van der Waals surface area contributed by atoms with E-state index in [0.29, 0.717) is 36.5 Å².